The van der Waals surface area contributed by atoms with Gasteiger partial charge in [0.2, 0.25) is 0 Å². The largest absolute Gasteiger partial charge is 0.497 e. The number of thiocarbonyl (C=S) groups is 1. The zero-order valence-electron chi connectivity index (χ0n) is 10.7. The summed E-state index contributed by atoms with van der Waals surface area (Å²) in [6, 6.07) is 7.83. The molecule has 1 aromatic carbocycles. The van der Waals surface area contributed by atoms with Crippen LogP contribution in [0.2, 0.25) is 0 Å². The minimum Gasteiger partial charge on any atom is -0.497 e. The maximum atomic E-state index is 5.33. The summed E-state index contributed by atoms with van der Waals surface area (Å²) in [6.45, 7) is 3.18. The van der Waals surface area contributed by atoms with Crippen LogP contribution in [0, 0.1) is 0 Å². The minimum atomic E-state index is 0.823. The van der Waals surface area contributed by atoms with Gasteiger partial charge in [0.05, 0.1) is 7.11 Å². The molecule has 2 nitrogen and oxygen atoms in total. The third-order valence-electron chi connectivity index (χ3n) is 2.67. The van der Waals surface area contributed by atoms with Gasteiger partial charge in [-0.1, -0.05) is 38.4 Å². The van der Waals surface area contributed by atoms with Crippen molar-refractivity contribution < 1.29 is 4.74 Å². The molecule has 0 aliphatic heterocycles. The van der Waals surface area contributed by atoms with Gasteiger partial charge in [-0.15, -0.1) is 0 Å². The van der Waals surface area contributed by atoms with Crippen LogP contribution in [-0.4, -0.2) is 18.6 Å². The van der Waals surface area contributed by atoms with Crippen LogP contribution in [-0.2, 0) is 0 Å². The molecule has 0 aliphatic carbocycles. The molecule has 0 aliphatic rings. The van der Waals surface area contributed by atoms with Crippen molar-refractivity contribution in [2.45, 2.75) is 32.6 Å². The number of ether oxygens (including phenoxy) is 1. The Bertz CT molecular complexity index is 335. The molecule has 3 heteroatoms. The van der Waals surface area contributed by atoms with Crippen molar-refractivity contribution in [1.29, 1.82) is 0 Å². The van der Waals surface area contributed by atoms with Crippen molar-refractivity contribution >= 4 is 17.2 Å². The Kier molecular flexibility index (Phi) is 6.63. The fourth-order valence-electron chi connectivity index (χ4n) is 1.60. The quantitative estimate of drug-likeness (QED) is 0.591. The number of unbranched alkanes of at least 4 members (excludes halogenated alkanes) is 3. The number of methoxy groups -OCH3 is 1. The molecule has 0 heterocycles. The Morgan fingerprint density at radius 3 is 2.47 bits per heavy atom. The van der Waals surface area contributed by atoms with Crippen molar-refractivity contribution in [2.75, 3.05) is 13.7 Å². The predicted molar refractivity (Wildman–Crippen MR) is 76.8 cm³/mol. The van der Waals surface area contributed by atoms with E-state index >= 15 is 0 Å². The van der Waals surface area contributed by atoms with Gasteiger partial charge >= 0.3 is 0 Å². The summed E-state index contributed by atoms with van der Waals surface area (Å²) in [5, 5.41) is 3.29. The second-order valence-electron chi connectivity index (χ2n) is 4.05. The number of nitrogens with one attached hydrogen (secondary N) is 1. The summed E-state index contributed by atoms with van der Waals surface area (Å²) in [5.41, 5.74) is 1.05. The van der Waals surface area contributed by atoms with E-state index < -0.39 is 0 Å². The standard InChI is InChI=1S/C14H21NOS/c1-3-4-5-6-11-15-14(17)12-7-9-13(16-2)10-8-12/h7-10H,3-6,11H2,1-2H3,(H,15,17). The first-order valence-electron chi connectivity index (χ1n) is 6.20. The molecule has 0 aromatic heterocycles. The highest BCUT2D eigenvalue weighted by molar-refractivity contribution is 7.80. The van der Waals surface area contributed by atoms with E-state index in [2.05, 4.69) is 12.2 Å². The van der Waals surface area contributed by atoms with Crippen LogP contribution in [0.3, 0.4) is 0 Å². The summed E-state index contributed by atoms with van der Waals surface area (Å²) in [4.78, 5) is 0.823. The number of hydrogen-bond donors (Lipinski definition) is 1. The molecule has 0 saturated carbocycles. The van der Waals surface area contributed by atoms with Gasteiger partial charge in [-0.05, 0) is 30.7 Å². The van der Waals surface area contributed by atoms with Crippen LogP contribution in [0.25, 0.3) is 0 Å². The Morgan fingerprint density at radius 2 is 1.88 bits per heavy atom. The highest BCUT2D eigenvalue weighted by Crippen LogP contribution is 2.11. The smallest absolute Gasteiger partial charge is 0.118 e. The third kappa shape index (κ3) is 5.18. The molecule has 1 N–H and O–H groups in total. The molecule has 1 aromatic rings. The average Bonchev–Trinajstić information content (AvgIpc) is 2.38. The summed E-state index contributed by atoms with van der Waals surface area (Å²) >= 11 is 5.33. The van der Waals surface area contributed by atoms with Crippen LogP contribution in [0.1, 0.15) is 38.2 Å². The van der Waals surface area contributed by atoms with Crippen molar-refractivity contribution in [3.05, 3.63) is 29.8 Å². The van der Waals surface area contributed by atoms with Gasteiger partial charge in [0.15, 0.2) is 0 Å². The van der Waals surface area contributed by atoms with E-state index in [0.29, 0.717) is 0 Å². The lowest BCUT2D eigenvalue weighted by molar-refractivity contribution is 0.415. The average molecular weight is 251 g/mol. The van der Waals surface area contributed by atoms with Crippen molar-refractivity contribution in [3.63, 3.8) is 0 Å². The predicted octanol–water partition coefficient (Wildman–Crippen LogP) is 3.54. The van der Waals surface area contributed by atoms with Crippen LogP contribution in [0.4, 0.5) is 0 Å². The number of rotatable bonds is 7. The normalized spacial score (nSPS) is 10.0. The molecular formula is C14H21NOS. The molecule has 94 valence electrons. The van der Waals surface area contributed by atoms with Crippen molar-refractivity contribution in [1.82, 2.24) is 5.32 Å². The van der Waals surface area contributed by atoms with Gasteiger partial charge in [-0.3, -0.25) is 0 Å². The highest BCUT2D eigenvalue weighted by Gasteiger charge is 2.00. The molecule has 0 amide bonds. The molecule has 0 atom stereocenters. The van der Waals surface area contributed by atoms with Gasteiger partial charge in [0, 0.05) is 12.1 Å². The van der Waals surface area contributed by atoms with E-state index in [1.54, 1.807) is 7.11 Å². The van der Waals surface area contributed by atoms with E-state index in [9.17, 15) is 0 Å². The first-order valence-corrected chi connectivity index (χ1v) is 6.61. The summed E-state index contributed by atoms with van der Waals surface area (Å²) in [7, 11) is 1.67. The molecule has 0 bridgehead atoms. The fourth-order valence-corrected chi connectivity index (χ4v) is 1.84. The summed E-state index contributed by atoms with van der Waals surface area (Å²) < 4.78 is 5.11. The second kappa shape index (κ2) is 8.07. The molecule has 0 radical (unpaired) electrons. The fraction of sp³-hybridized carbons (Fsp3) is 0.500. The van der Waals surface area contributed by atoms with E-state index in [0.717, 1.165) is 22.8 Å². The van der Waals surface area contributed by atoms with E-state index in [-0.39, 0.29) is 0 Å². The first kappa shape index (κ1) is 14.0. The zero-order valence-corrected chi connectivity index (χ0v) is 11.5. The SMILES string of the molecule is CCCCCCNC(=S)c1ccc(OC)cc1. The van der Waals surface area contributed by atoms with Crippen LogP contribution >= 0.6 is 12.2 Å². The highest BCUT2D eigenvalue weighted by atomic mass is 32.1. The van der Waals surface area contributed by atoms with Crippen molar-refractivity contribution in [2.24, 2.45) is 0 Å². The zero-order chi connectivity index (χ0) is 12.5. The monoisotopic (exact) mass is 251 g/mol. The van der Waals surface area contributed by atoms with Gasteiger partial charge < -0.3 is 10.1 Å². The lowest BCUT2D eigenvalue weighted by Crippen LogP contribution is -2.23. The van der Waals surface area contributed by atoms with Gasteiger partial charge in [0.25, 0.3) is 0 Å². The maximum Gasteiger partial charge on any atom is 0.118 e. The molecule has 0 saturated heterocycles. The minimum absolute atomic E-state index is 0.823. The van der Waals surface area contributed by atoms with Crippen LogP contribution < -0.4 is 10.1 Å². The maximum absolute atomic E-state index is 5.33. The molecule has 1 rings (SSSR count). The molecular weight excluding hydrogens is 230 g/mol. The van der Waals surface area contributed by atoms with Gasteiger partial charge in [0.1, 0.15) is 10.7 Å². The van der Waals surface area contributed by atoms with Gasteiger partial charge in [-0.25, -0.2) is 0 Å². The third-order valence-corrected chi connectivity index (χ3v) is 3.05. The van der Waals surface area contributed by atoms with Crippen molar-refractivity contribution in [3.8, 4) is 5.75 Å². The Labute approximate surface area is 109 Å². The molecule has 17 heavy (non-hydrogen) atoms. The summed E-state index contributed by atoms with van der Waals surface area (Å²) in [5.74, 6) is 0.861. The molecule has 0 unspecified atom stereocenters. The Morgan fingerprint density at radius 1 is 1.18 bits per heavy atom. The first-order chi connectivity index (χ1) is 8.27. The number of benzene rings is 1. The topological polar surface area (TPSA) is 21.3 Å². The second-order valence-corrected chi connectivity index (χ2v) is 4.45. The van der Waals surface area contributed by atoms with E-state index in [4.69, 9.17) is 17.0 Å². The van der Waals surface area contributed by atoms with E-state index in [1.165, 1.54) is 25.7 Å². The lowest BCUT2D eigenvalue weighted by atomic mass is 10.2. The van der Waals surface area contributed by atoms with E-state index in [1.807, 2.05) is 24.3 Å². The molecule has 0 fully saturated rings. The molecule has 0 spiro atoms. The van der Waals surface area contributed by atoms with Crippen LogP contribution in [0.5, 0.6) is 5.75 Å². The Hall–Kier alpha value is -1.09. The Balaban J connectivity index is 2.31. The summed E-state index contributed by atoms with van der Waals surface area (Å²) in [6.07, 6.45) is 5.03. The van der Waals surface area contributed by atoms with Crippen LogP contribution in [0.15, 0.2) is 24.3 Å². The lowest BCUT2D eigenvalue weighted by Gasteiger charge is -2.08. The number of hydrogen-bond acceptors (Lipinski definition) is 2. The van der Waals surface area contributed by atoms with Gasteiger partial charge in [-0.2, -0.15) is 0 Å².